The first kappa shape index (κ1) is 12.7. The third kappa shape index (κ3) is 3.63. The summed E-state index contributed by atoms with van der Waals surface area (Å²) in [5, 5.41) is 9.57. The predicted octanol–water partition coefficient (Wildman–Crippen LogP) is 2.69. The van der Waals surface area contributed by atoms with Crippen LogP contribution in [0.3, 0.4) is 0 Å². The monoisotopic (exact) mass is 265 g/mol. The van der Waals surface area contributed by atoms with Crippen LogP contribution in [0.2, 0.25) is 0 Å². The topological polar surface area (TPSA) is 50.2 Å². The average molecular weight is 265 g/mol. The van der Waals surface area contributed by atoms with Gasteiger partial charge in [-0.15, -0.1) is 11.3 Å². The predicted molar refractivity (Wildman–Crippen MR) is 67.3 cm³/mol. The number of nitrogens with zero attached hydrogens (tertiary/aromatic N) is 1. The number of aromatic nitrogens is 1. The van der Waals surface area contributed by atoms with E-state index in [0.717, 1.165) is 28.3 Å². The van der Waals surface area contributed by atoms with Crippen LogP contribution in [0.15, 0.2) is 30.5 Å². The summed E-state index contributed by atoms with van der Waals surface area (Å²) in [6, 6.07) is 6.38. The van der Waals surface area contributed by atoms with Gasteiger partial charge < -0.3 is 5.11 Å². The molecule has 5 heteroatoms. The summed E-state index contributed by atoms with van der Waals surface area (Å²) in [5.41, 5.74) is 1.05. The number of rotatable bonds is 5. The van der Waals surface area contributed by atoms with Gasteiger partial charge in [0.05, 0.1) is 11.4 Å². The van der Waals surface area contributed by atoms with E-state index < -0.39 is 5.97 Å². The number of aliphatic carboxylic acids is 1. The molecular formula is C13H12FNO2S. The molecule has 0 amide bonds. The van der Waals surface area contributed by atoms with Crippen LogP contribution in [-0.2, 0) is 24.1 Å². The van der Waals surface area contributed by atoms with Gasteiger partial charge in [-0.25, -0.2) is 9.37 Å². The molecule has 1 aromatic carbocycles. The van der Waals surface area contributed by atoms with Crippen molar-refractivity contribution in [1.29, 1.82) is 0 Å². The zero-order chi connectivity index (χ0) is 13.0. The Labute approximate surface area is 108 Å². The first-order valence-corrected chi connectivity index (χ1v) is 6.35. The molecule has 1 heterocycles. The van der Waals surface area contributed by atoms with Gasteiger partial charge >= 0.3 is 5.97 Å². The van der Waals surface area contributed by atoms with Gasteiger partial charge in [0.2, 0.25) is 0 Å². The van der Waals surface area contributed by atoms with Crippen LogP contribution in [0.5, 0.6) is 0 Å². The Balaban J connectivity index is 1.92. The SMILES string of the molecule is O=C(O)Cc1cnc(CCc2ccc(F)cc2)s1. The highest BCUT2D eigenvalue weighted by Gasteiger charge is 2.06. The molecule has 0 saturated carbocycles. The fraction of sp³-hybridized carbons (Fsp3) is 0.231. The fourth-order valence-corrected chi connectivity index (χ4v) is 2.51. The van der Waals surface area contributed by atoms with Gasteiger partial charge in [-0.2, -0.15) is 0 Å². The second kappa shape index (κ2) is 5.73. The number of halogens is 1. The van der Waals surface area contributed by atoms with Crippen molar-refractivity contribution >= 4 is 17.3 Å². The Hall–Kier alpha value is -1.75. The van der Waals surface area contributed by atoms with Crippen molar-refractivity contribution in [2.24, 2.45) is 0 Å². The molecule has 0 atom stereocenters. The normalized spacial score (nSPS) is 10.5. The van der Waals surface area contributed by atoms with Crippen molar-refractivity contribution in [3.05, 3.63) is 51.7 Å². The van der Waals surface area contributed by atoms with Gasteiger partial charge in [-0.1, -0.05) is 12.1 Å². The van der Waals surface area contributed by atoms with Crippen molar-refractivity contribution < 1.29 is 14.3 Å². The van der Waals surface area contributed by atoms with Crippen molar-refractivity contribution in [2.45, 2.75) is 19.3 Å². The second-order valence-electron chi connectivity index (χ2n) is 3.92. The van der Waals surface area contributed by atoms with Crippen LogP contribution < -0.4 is 0 Å². The lowest BCUT2D eigenvalue weighted by Gasteiger charge is -1.98. The van der Waals surface area contributed by atoms with Crippen molar-refractivity contribution in [2.75, 3.05) is 0 Å². The number of carbonyl (C=O) groups is 1. The summed E-state index contributed by atoms with van der Waals surface area (Å²) in [7, 11) is 0. The highest BCUT2D eigenvalue weighted by molar-refractivity contribution is 7.11. The highest BCUT2D eigenvalue weighted by Crippen LogP contribution is 2.16. The van der Waals surface area contributed by atoms with Crippen LogP contribution in [0, 0.1) is 5.82 Å². The molecule has 0 aliphatic carbocycles. The zero-order valence-electron chi connectivity index (χ0n) is 9.60. The third-order valence-corrected chi connectivity index (χ3v) is 3.52. The standard InChI is InChI=1S/C13H12FNO2S/c14-10-4-1-9(2-5-10)3-6-12-15-8-11(18-12)7-13(16)17/h1-2,4-5,8H,3,6-7H2,(H,16,17). The molecule has 0 aliphatic rings. The largest absolute Gasteiger partial charge is 0.481 e. The molecule has 0 radical (unpaired) electrons. The van der Waals surface area contributed by atoms with Gasteiger partial charge in [0.25, 0.3) is 0 Å². The number of thiazole rings is 1. The number of aryl methyl sites for hydroxylation is 2. The van der Waals surface area contributed by atoms with Crippen LogP contribution in [-0.4, -0.2) is 16.1 Å². The second-order valence-corrected chi connectivity index (χ2v) is 5.12. The van der Waals surface area contributed by atoms with Crippen molar-refractivity contribution in [3.8, 4) is 0 Å². The smallest absolute Gasteiger partial charge is 0.308 e. The molecular weight excluding hydrogens is 253 g/mol. The molecule has 1 aromatic heterocycles. The van der Waals surface area contributed by atoms with Gasteiger partial charge in [0.15, 0.2) is 0 Å². The quantitative estimate of drug-likeness (QED) is 0.904. The highest BCUT2D eigenvalue weighted by atomic mass is 32.1. The summed E-state index contributed by atoms with van der Waals surface area (Å²) in [4.78, 5) is 15.5. The van der Waals surface area contributed by atoms with Gasteiger partial charge in [0.1, 0.15) is 5.82 Å². The number of hydrogen-bond acceptors (Lipinski definition) is 3. The van der Waals surface area contributed by atoms with Crippen molar-refractivity contribution in [3.63, 3.8) is 0 Å². The maximum absolute atomic E-state index is 12.7. The Kier molecular flexibility index (Phi) is 4.04. The fourth-order valence-electron chi connectivity index (χ4n) is 1.60. The van der Waals surface area contributed by atoms with E-state index in [9.17, 15) is 9.18 Å². The van der Waals surface area contributed by atoms with Crippen LogP contribution in [0.25, 0.3) is 0 Å². The number of carboxylic acids is 1. The lowest BCUT2D eigenvalue weighted by molar-refractivity contribution is -0.136. The molecule has 18 heavy (non-hydrogen) atoms. The summed E-state index contributed by atoms with van der Waals surface area (Å²) < 4.78 is 12.7. The van der Waals surface area contributed by atoms with Crippen molar-refractivity contribution in [1.82, 2.24) is 4.98 Å². The van der Waals surface area contributed by atoms with Gasteiger partial charge in [0, 0.05) is 17.5 Å². The first-order valence-electron chi connectivity index (χ1n) is 5.53. The zero-order valence-corrected chi connectivity index (χ0v) is 10.4. The van der Waals surface area contributed by atoms with E-state index in [4.69, 9.17) is 5.11 Å². The lowest BCUT2D eigenvalue weighted by atomic mass is 10.1. The van der Waals surface area contributed by atoms with Crippen LogP contribution in [0.1, 0.15) is 15.4 Å². The summed E-state index contributed by atoms with van der Waals surface area (Å²) in [5.74, 6) is -1.08. The minimum absolute atomic E-state index is 0.0220. The lowest BCUT2D eigenvalue weighted by Crippen LogP contribution is -1.97. The van der Waals surface area contributed by atoms with Gasteiger partial charge in [-0.05, 0) is 24.1 Å². The molecule has 94 valence electrons. The Morgan fingerprint density at radius 2 is 2.00 bits per heavy atom. The number of carboxylic acid groups (broad SMARTS) is 1. The van der Waals surface area contributed by atoms with Gasteiger partial charge in [-0.3, -0.25) is 4.79 Å². The molecule has 0 spiro atoms. The molecule has 2 aromatic rings. The van der Waals surface area contributed by atoms with Crippen LogP contribution in [0.4, 0.5) is 4.39 Å². The minimum Gasteiger partial charge on any atom is -0.481 e. The van der Waals surface area contributed by atoms with Crippen LogP contribution >= 0.6 is 11.3 Å². The van der Waals surface area contributed by atoms with E-state index in [1.54, 1.807) is 18.3 Å². The molecule has 0 bridgehead atoms. The molecule has 0 aliphatic heterocycles. The Morgan fingerprint density at radius 3 is 2.67 bits per heavy atom. The summed E-state index contributed by atoms with van der Waals surface area (Å²) in [6.07, 6.45) is 3.16. The number of hydrogen-bond donors (Lipinski definition) is 1. The first-order chi connectivity index (χ1) is 8.63. The maximum atomic E-state index is 12.7. The molecule has 0 saturated heterocycles. The van der Waals surface area contributed by atoms with E-state index in [2.05, 4.69) is 4.98 Å². The van der Waals surface area contributed by atoms with E-state index in [1.807, 2.05) is 0 Å². The van der Waals surface area contributed by atoms with E-state index in [-0.39, 0.29) is 12.2 Å². The molecule has 0 unspecified atom stereocenters. The number of benzene rings is 1. The van der Waals surface area contributed by atoms with E-state index >= 15 is 0 Å². The summed E-state index contributed by atoms with van der Waals surface area (Å²) in [6.45, 7) is 0. The maximum Gasteiger partial charge on any atom is 0.308 e. The minimum atomic E-state index is -0.844. The Bertz CT molecular complexity index is 536. The third-order valence-electron chi connectivity index (χ3n) is 2.47. The molecule has 2 rings (SSSR count). The van der Waals surface area contributed by atoms with E-state index in [1.165, 1.54) is 23.5 Å². The Morgan fingerprint density at radius 1 is 1.28 bits per heavy atom. The average Bonchev–Trinajstić information content (AvgIpc) is 2.75. The molecule has 1 N–H and O–H groups in total. The molecule has 0 fully saturated rings. The summed E-state index contributed by atoms with van der Waals surface area (Å²) >= 11 is 1.42. The molecule has 3 nitrogen and oxygen atoms in total. The van der Waals surface area contributed by atoms with E-state index in [0.29, 0.717) is 0 Å².